The van der Waals surface area contributed by atoms with E-state index in [1.54, 1.807) is 13.0 Å². The van der Waals surface area contributed by atoms with E-state index in [0.717, 1.165) is 0 Å². The number of halogens is 1. The summed E-state index contributed by atoms with van der Waals surface area (Å²) < 4.78 is 46.0. The minimum Gasteiger partial charge on any atom is -0.478 e. The van der Waals surface area contributed by atoms with Crippen LogP contribution in [-0.4, -0.2) is 26.3 Å². The minimum absolute atomic E-state index is 0.0700. The molecule has 0 saturated carbocycles. The molecule has 0 spiro atoms. The molecule has 148 valence electrons. The van der Waals surface area contributed by atoms with Gasteiger partial charge in [-0.1, -0.05) is 25.1 Å². The molecule has 0 fully saturated rings. The summed E-state index contributed by atoms with van der Waals surface area (Å²) in [6, 6.07) is 9.92. The lowest BCUT2D eigenvalue weighted by Gasteiger charge is -2.25. The standard InChI is InChI=1S/C19H19FN2O5S/c1-2-16-19(24)21-15-11-13(8-9-17(15)27-16)28(25,26)22-18(23)10-7-12-5-3-4-6-14(12)20/h3-6,8-9,11,16H,2,7,10H2,1H3,(H,21,24)(H,22,23). The quantitative estimate of drug-likeness (QED) is 0.767. The number of anilines is 1. The van der Waals surface area contributed by atoms with E-state index < -0.39 is 27.9 Å². The monoisotopic (exact) mass is 406 g/mol. The van der Waals surface area contributed by atoms with Gasteiger partial charge in [0.2, 0.25) is 5.91 Å². The number of sulfonamides is 1. The molecule has 2 N–H and O–H groups in total. The lowest BCUT2D eigenvalue weighted by Crippen LogP contribution is -2.36. The van der Waals surface area contributed by atoms with Crippen molar-refractivity contribution >= 4 is 27.5 Å². The number of carbonyl (C=O) groups is 2. The Balaban J connectivity index is 1.69. The fraction of sp³-hybridized carbons (Fsp3) is 0.263. The molecule has 2 aromatic carbocycles. The molecular weight excluding hydrogens is 387 g/mol. The Kier molecular flexibility index (Phi) is 5.64. The van der Waals surface area contributed by atoms with Crippen LogP contribution in [0.15, 0.2) is 47.4 Å². The van der Waals surface area contributed by atoms with Crippen molar-refractivity contribution in [3.05, 3.63) is 53.8 Å². The fourth-order valence-corrected chi connectivity index (χ4v) is 3.81. The second-order valence-corrected chi connectivity index (χ2v) is 7.96. The molecule has 1 aliphatic rings. The summed E-state index contributed by atoms with van der Waals surface area (Å²) >= 11 is 0. The second-order valence-electron chi connectivity index (χ2n) is 6.28. The summed E-state index contributed by atoms with van der Waals surface area (Å²) in [5.74, 6) is -1.21. The first-order valence-corrected chi connectivity index (χ1v) is 10.2. The number of aryl methyl sites for hydroxylation is 1. The number of benzene rings is 2. The van der Waals surface area contributed by atoms with Crippen LogP contribution >= 0.6 is 0 Å². The number of fused-ring (bicyclic) bond motifs is 1. The van der Waals surface area contributed by atoms with Gasteiger partial charge in [-0.2, -0.15) is 0 Å². The van der Waals surface area contributed by atoms with Crippen molar-refractivity contribution < 1.29 is 27.1 Å². The predicted octanol–water partition coefficient (Wildman–Crippen LogP) is 2.37. The SMILES string of the molecule is CCC1Oc2ccc(S(=O)(=O)NC(=O)CCc3ccccc3F)cc2NC1=O. The van der Waals surface area contributed by atoms with Crippen LogP contribution in [0.25, 0.3) is 0 Å². The van der Waals surface area contributed by atoms with E-state index in [1.807, 2.05) is 4.72 Å². The highest BCUT2D eigenvalue weighted by Gasteiger charge is 2.28. The van der Waals surface area contributed by atoms with Gasteiger partial charge in [-0.3, -0.25) is 9.59 Å². The summed E-state index contributed by atoms with van der Waals surface area (Å²) in [4.78, 5) is 23.7. The van der Waals surface area contributed by atoms with Crippen molar-refractivity contribution in [3.63, 3.8) is 0 Å². The maximum Gasteiger partial charge on any atom is 0.265 e. The van der Waals surface area contributed by atoms with Crippen LogP contribution in [0, 0.1) is 5.82 Å². The van der Waals surface area contributed by atoms with Gasteiger partial charge in [0.15, 0.2) is 6.10 Å². The molecule has 0 radical (unpaired) electrons. The van der Waals surface area contributed by atoms with E-state index in [4.69, 9.17) is 4.74 Å². The molecule has 0 bridgehead atoms. The summed E-state index contributed by atoms with van der Waals surface area (Å²) in [6.07, 6.45) is -0.277. The van der Waals surface area contributed by atoms with Crippen LogP contribution in [-0.2, 0) is 26.0 Å². The van der Waals surface area contributed by atoms with Gasteiger partial charge in [-0.15, -0.1) is 0 Å². The van der Waals surface area contributed by atoms with Crippen LogP contribution in [0.4, 0.5) is 10.1 Å². The summed E-state index contributed by atoms with van der Waals surface area (Å²) in [7, 11) is -4.14. The zero-order valence-corrected chi connectivity index (χ0v) is 15.9. The highest BCUT2D eigenvalue weighted by atomic mass is 32.2. The molecule has 9 heteroatoms. The Morgan fingerprint density at radius 3 is 2.71 bits per heavy atom. The molecule has 1 atom stereocenters. The fourth-order valence-electron chi connectivity index (χ4n) is 2.77. The Morgan fingerprint density at radius 1 is 1.25 bits per heavy atom. The molecule has 2 amide bonds. The highest BCUT2D eigenvalue weighted by Crippen LogP contribution is 2.32. The molecule has 0 aliphatic carbocycles. The first kappa shape index (κ1) is 19.8. The molecule has 0 aromatic heterocycles. The topological polar surface area (TPSA) is 102 Å². The number of hydrogen-bond donors (Lipinski definition) is 2. The van der Waals surface area contributed by atoms with Gasteiger partial charge in [-0.25, -0.2) is 17.5 Å². The third kappa shape index (κ3) is 4.30. The van der Waals surface area contributed by atoms with Gasteiger partial charge in [-0.05, 0) is 42.7 Å². The first-order chi connectivity index (χ1) is 13.3. The van der Waals surface area contributed by atoms with E-state index in [0.29, 0.717) is 17.7 Å². The Hall–Kier alpha value is -2.94. The van der Waals surface area contributed by atoms with Crippen LogP contribution in [0.3, 0.4) is 0 Å². The predicted molar refractivity (Wildman–Crippen MR) is 99.8 cm³/mol. The number of nitrogens with one attached hydrogen (secondary N) is 2. The molecule has 1 aliphatic heterocycles. The molecule has 7 nitrogen and oxygen atoms in total. The molecule has 3 rings (SSSR count). The van der Waals surface area contributed by atoms with E-state index in [9.17, 15) is 22.4 Å². The molecule has 28 heavy (non-hydrogen) atoms. The second kappa shape index (κ2) is 7.97. The Bertz CT molecular complexity index is 1020. The van der Waals surface area contributed by atoms with Gasteiger partial charge < -0.3 is 10.1 Å². The molecular formula is C19H19FN2O5S. The van der Waals surface area contributed by atoms with E-state index >= 15 is 0 Å². The molecule has 1 heterocycles. The van der Waals surface area contributed by atoms with Crippen molar-refractivity contribution in [1.82, 2.24) is 4.72 Å². The van der Waals surface area contributed by atoms with Crippen molar-refractivity contribution in [2.75, 3.05) is 5.32 Å². The molecule has 0 saturated heterocycles. The normalized spacial score (nSPS) is 15.9. The van der Waals surface area contributed by atoms with Crippen molar-refractivity contribution in [2.45, 2.75) is 37.2 Å². The van der Waals surface area contributed by atoms with E-state index in [2.05, 4.69) is 5.32 Å². The van der Waals surface area contributed by atoms with Gasteiger partial charge in [0.05, 0.1) is 10.6 Å². The first-order valence-electron chi connectivity index (χ1n) is 8.71. The minimum atomic E-state index is -4.14. The number of carbonyl (C=O) groups excluding carboxylic acids is 2. The third-order valence-corrected chi connectivity index (χ3v) is 5.65. The summed E-state index contributed by atoms with van der Waals surface area (Å²) in [5, 5.41) is 2.60. The smallest absolute Gasteiger partial charge is 0.265 e. The van der Waals surface area contributed by atoms with Gasteiger partial charge >= 0.3 is 0 Å². The van der Waals surface area contributed by atoms with Crippen molar-refractivity contribution in [3.8, 4) is 5.75 Å². The highest BCUT2D eigenvalue weighted by molar-refractivity contribution is 7.90. The van der Waals surface area contributed by atoms with Crippen LogP contribution in [0.5, 0.6) is 5.75 Å². The van der Waals surface area contributed by atoms with Crippen molar-refractivity contribution in [1.29, 1.82) is 0 Å². The number of hydrogen-bond acceptors (Lipinski definition) is 5. The molecule has 2 aromatic rings. The van der Waals surface area contributed by atoms with Crippen molar-refractivity contribution in [2.24, 2.45) is 0 Å². The van der Waals surface area contributed by atoms with E-state index in [1.165, 1.54) is 36.4 Å². The molecule has 1 unspecified atom stereocenters. The maximum atomic E-state index is 13.6. The van der Waals surface area contributed by atoms with Gasteiger partial charge in [0.25, 0.3) is 15.9 Å². The Morgan fingerprint density at radius 2 is 2.00 bits per heavy atom. The Labute approximate surface area is 161 Å². The van der Waals surface area contributed by atoms with Gasteiger partial charge in [0.1, 0.15) is 11.6 Å². The average molecular weight is 406 g/mol. The summed E-state index contributed by atoms with van der Waals surface area (Å²) in [6.45, 7) is 1.80. The van der Waals surface area contributed by atoms with Gasteiger partial charge in [0, 0.05) is 6.42 Å². The van der Waals surface area contributed by atoms with Crippen LogP contribution < -0.4 is 14.8 Å². The number of ether oxygens (including phenoxy) is 1. The number of amides is 2. The lowest BCUT2D eigenvalue weighted by molar-refractivity contribution is -0.123. The average Bonchev–Trinajstić information content (AvgIpc) is 2.66. The zero-order chi connectivity index (χ0) is 20.3. The van der Waals surface area contributed by atoms with Crippen LogP contribution in [0.1, 0.15) is 25.3 Å². The van der Waals surface area contributed by atoms with E-state index in [-0.39, 0.29) is 29.3 Å². The third-order valence-electron chi connectivity index (χ3n) is 4.28. The van der Waals surface area contributed by atoms with Crippen LogP contribution in [0.2, 0.25) is 0 Å². The summed E-state index contributed by atoms with van der Waals surface area (Å²) in [5.41, 5.74) is 0.547. The largest absolute Gasteiger partial charge is 0.478 e. The zero-order valence-electron chi connectivity index (χ0n) is 15.1. The number of rotatable bonds is 6. The lowest BCUT2D eigenvalue weighted by atomic mass is 10.1. The maximum absolute atomic E-state index is 13.6.